The second kappa shape index (κ2) is 5.19. The summed E-state index contributed by atoms with van der Waals surface area (Å²) >= 11 is 0. The predicted octanol–water partition coefficient (Wildman–Crippen LogP) is 2.03. The number of carboxylic acids is 1. The molecule has 6 heteroatoms. The van der Waals surface area contributed by atoms with Crippen LogP contribution in [0.3, 0.4) is 0 Å². The smallest absolute Gasteiger partial charge is 0.307 e. The molecule has 0 aromatic carbocycles. The van der Waals surface area contributed by atoms with Crippen LogP contribution in [0.25, 0.3) is 0 Å². The Hall–Kier alpha value is -1.59. The van der Waals surface area contributed by atoms with E-state index in [1.807, 2.05) is 0 Å². The van der Waals surface area contributed by atoms with Gasteiger partial charge in [0.1, 0.15) is 0 Å². The molecule has 0 spiro atoms. The van der Waals surface area contributed by atoms with E-state index in [2.05, 4.69) is 15.0 Å². The number of hydrogen-bond acceptors (Lipinski definition) is 5. The van der Waals surface area contributed by atoms with Gasteiger partial charge in [0.2, 0.25) is 5.89 Å². The third-order valence-electron chi connectivity index (χ3n) is 4.22. The first-order chi connectivity index (χ1) is 9.25. The zero-order valence-electron chi connectivity index (χ0n) is 10.9. The Balaban J connectivity index is 1.75. The minimum atomic E-state index is -0.750. The molecule has 1 saturated heterocycles. The lowest BCUT2D eigenvalue weighted by molar-refractivity contribution is -0.142. The van der Waals surface area contributed by atoms with Crippen molar-refractivity contribution in [1.29, 1.82) is 0 Å². The molecule has 1 aliphatic carbocycles. The topological polar surface area (TPSA) is 79.5 Å². The van der Waals surface area contributed by atoms with E-state index in [0.29, 0.717) is 18.3 Å². The minimum absolute atomic E-state index is 0.108. The molecule has 2 aliphatic rings. The van der Waals surface area contributed by atoms with E-state index in [9.17, 15) is 9.90 Å². The van der Waals surface area contributed by atoms with Crippen LogP contribution in [0.15, 0.2) is 4.52 Å². The van der Waals surface area contributed by atoms with Crippen molar-refractivity contribution in [1.82, 2.24) is 10.1 Å². The SMILES string of the molecule is O=C(O)C1CCCC1c1nc(N2CCCCC2)no1. The van der Waals surface area contributed by atoms with Gasteiger partial charge in [0.25, 0.3) is 5.95 Å². The molecule has 3 rings (SSSR count). The molecule has 6 nitrogen and oxygen atoms in total. The zero-order chi connectivity index (χ0) is 13.2. The highest BCUT2D eigenvalue weighted by Crippen LogP contribution is 2.39. The lowest BCUT2D eigenvalue weighted by Crippen LogP contribution is -2.30. The summed E-state index contributed by atoms with van der Waals surface area (Å²) in [4.78, 5) is 17.8. The number of nitrogens with zero attached hydrogens (tertiary/aromatic N) is 3. The summed E-state index contributed by atoms with van der Waals surface area (Å²) in [7, 11) is 0. The van der Waals surface area contributed by atoms with Crippen LogP contribution >= 0.6 is 0 Å². The molecule has 1 aliphatic heterocycles. The molecule has 2 fully saturated rings. The van der Waals surface area contributed by atoms with Crippen LogP contribution in [0.4, 0.5) is 5.95 Å². The van der Waals surface area contributed by atoms with Crippen LogP contribution in [0.2, 0.25) is 0 Å². The fraction of sp³-hybridized carbons (Fsp3) is 0.769. The zero-order valence-corrected chi connectivity index (χ0v) is 10.9. The molecule has 1 N–H and O–H groups in total. The van der Waals surface area contributed by atoms with E-state index in [1.54, 1.807) is 0 Å². The summed E-state index contributed by atoms with van der Waals surface area (Å²) in [5.41, 5.74) is 0. The summed E-state index contributed by atoms with van der Waals surface area (Å²) in [5, 5.41) is 13.2. The van der Waals surface area contributed by atoms with Gasteiger partial charge in [-0.15, -0.1) is 0 Å². The first kappa shape index (κ1) is 12.4. The van der Waals surface area contributed by atoms with E-state index in [-0.39, 0.29) is 11.8 Å². The number of rotatable bonds is 3. The van der Waals surface area contributed by atoms with Crippen LogP contribution in [-0.4, -0.2) is 34.3 Å². The van der Waals surface area contributed by atoms with Crippen molar-refractivity contribution >= 4 is 11.9 Å². The van der Waals surface area contributed by atoms with Crippen molar-refractivity contribution < 1.29 is 14.4 Å². The summed E-state index contributed by atoms with van der Waals surface area (Å²) < 4.78 is 5.32. The molecule has 2 unspecified atom stereocenters. The van der Waals surface area contributed by atoms with Crippen molar-refractivity contribution in [3.63, 3.8) is 0 Å². The lowest BCUT2D eigenvalue weighted by Gasteiger charge is -2.24. The van der Waals surface area contributed by atoms with Crippen molar-refractivity contribution in [3.8, 4) is 0 Å². The Morgan fingerprint density at radius 3 is 2.74 bits per heavy atom. The van der Waals surface area contributed by atoms with Crippen LogP contribution in [-0.2, 0) is 4.79 Å². The molecule has 0 radical (unpaired) electrons. The Bertz CT molecular complexity index is 454. The van der Waals surface area contributed by atoms with Crippen LogP contribution in [0.5, 0.6) is 0 Å². The molecule has 1 aromatic heterocycles. The number of hydrogen-bond donors (Lipinski definition) is 1. The van der Waals surface area contributed by atoms with Gasteiger partial charge in [0.05, 0.1) is 11.8 Å². The van der Waals surface area contributed by atoms with Gasteiger partial charge < -0.3 is 14.5 Å². The van der Waals surface area contributed by atoms with Crippen LogP contribution < -0.4 is 4.90 Å². The Kier molecular flexibility index (Phi) is 3.40. The third-order valence-corrected chi connectivity index (χ3v) is 4.22. The number of piperidine rings is 1. The maximum atomic E-state index is 11.2. The van der Waals surface area contributed by atoms with E-state index >= 15 is 0 Å². The molecular formula is C13H19N3O3. The van der Waals surface area contributed by atoms with Gasteiger partial charge in [-0.05, 0) is 37.3 Å². The Morgan fingerprint density at radius 2 is 2.00 bits per heavy atom. The average Bonchev–Trinajstić information content (AvgIpc) is 3.08. The van der Waals surface area contributed by atoms with Gasteiger partial charge in [0.15, 0.2) is 0 Å². The summed E-state index contributed by atoms with van der Waals surface area (Å²) in [6.07, 6.45) is 6.03. The fourth-order valence-corrected chi connectivity index (χ4v) is 3.15. The van der Waals surface area contributed by atoms with Crippen molar-refractivity contribution in [3.05, 3.63) is 5.89 Å². The first-order valence-electron chi connectivity index (χ1n) is 7.07. The number of anilines is 1. The average molecular weight is 265 g/mol. The normalized spacial score (nSPS) is 27.7. The molecule has 2 atom stereocenters. The van der Waals surface area contributed by atoms with Gasteiger partial charge in [-0.3, -0.25) is 4.79 Å². The van der Waals surface area contributed by atoms with E-state index < -0.39 is 5.97 Å². The molecule has 19 heavy (non-hydrogen) atoms. The summed E-state index contributed by atoms with van der Waals surface area (Å²) in [5.74, 6) is -0.0883. The molecule has 1 saturated carbocycles. The van der Waals surface area contributed by atoms with E-state index in [1.165, 1.54) is 6.42 Å². The molecule has 1 aromatic rings. The Morgan fingerprint density at radius 1 is 1.21 bits per heavy atom. The molecular weight excluding hydrogens is 246 g/mol. The summed E-state index contributed by atoms with van der Waals surface area (Å²) in [6.45, 7) is 1.93. The highest BCUT2D eigenvalue weighted by Gasteiger charge is 2.38. The van der Waals surface area contributed by atoms with Gasteiger partial charge in [-0.25, -0.2) is 0 Å². The number of carbonyl (C=O) groups is 1. The van der Waals surface area contributed by atoms with E-state index in [0.717, 1.165) is 38.8 Å². The van der Waals surface area contributed by atoms with Crippen LogP contribution in [0.1, 0.15) is 50.3 Å². The van der Waals surface area contributed by atoms with Crippen molar-refractivity contribution in [2.24, 2.45) is 5.92 Å². The highest BCUT2D eigenvalue weighted by molar-refractivity contribution is 5.71. The first-order valence-corrected chi connectivity index (χ1v) is 7.07. The third kappa shape index (κ3) is 2.43. The number of carboxylic acid groups (broad SMARTS) is 1. The predicted molar refractivity (Wildman–Crippen MR) is 68.1 cm³/mol. The standard InChI is InChI=1S/C13H19N3O3/c17-12(18)10-6-4-5-9(10)11-14-13(15-19-11)16-7-2-1-3-8-16/h9-10H,1-8H2,(H,17,18). The molecule has 2 heterocycles. The second-order valence-electron chi connectivity index (χ2n) is 5.46. The fourth-order valence-electron chi connectivity index (χ4n) is 3.15. The highest BCUT2D eigenvalue weighted by atomic mass is 16.5. The van der Waals surface area contributed by atoms with Gasteiger partial charge in [-0.1, -0.05) is 6.42 Å². The maximum Gasteiger partial charge on any atom is 0.307 e. The number of aliphatic carboxylic acids is 1. The van der Waals surface area contributed by atoms with Gasteiger partial charge >= 0.3 is 5.97 Å². The second-order valence-corrected chi connectivity index (χ2v) is 5.46. The molecule has 104 valence electrons. The largest absolute Gasteiger partial charge is 0.481 e. The monoisotopic (exact) mass is 265 g/mol. The van der Waals surface area contributed by atoms with E-state index in [4.69, 9.17) is 4.52 Å². The van der Waals surface area contributed by atoms with Crippen molar-refractivity contribution in [2.45, 2.75) is 44.4 Å². The Labute approximate surface area is 111 Å². The molecule has 0 amide bonds. The number of aromatic nitrogens is 2. The molecule has 0 bridgehead atoms. The minimum Gasteiger partial charge on any atom is -0.481 e. The van der Waals surface area contributed by atoms with Crippen molar-refractivity contribution in [2.75, 3.05) is 18.0 Å². The van der Waals surface area contributed by atoms with Gasteiger partial charge in [0, 0.05) is 13.1 Å². The quantitative estimate of drug-likeness (QED) is 0.900. The summed E-state index contributed by atoms with van der Waals surface area (Å²) in [6, 6.07) is 0. The lowest BCUT2D eigenvalue weighted by atomic mass is 9.96. The maximum absolute atomic E-state index is 11.2. The van der Waals surface area contributed by atoms with Gasteiger partial charge in [-0.2, -0.15) is 4.98 Å². The van der Waals surface area contributed by atoms with Crippen LogP contribution in [0, 0.1) is 5.92 Å².